The molecule has 1 aromatic heterocycles. The number of amides is 1. The van der Waals surface area contributed by atoms with E-state index in [-0.39, 0.29) is 12.1 Å². The van der Waals surface area contributed by atoms with Gasteiger partial charge in [-0.3, -0.25) is 9.78 Å². The van der Waals surface area contributed by atoms with Gasteiger partial charge in [-0.1, -0.05) is 6.92 Å². The molecule has 0 spiro atoms. The Morgan fingerprint density at radius 2 is 2.05 bits per heavy atom. The third-order valence-corrected chi connectivity index (χ3v) is 2.49. The Bertz CT molecular complexity index is 434. The van der Waals surface area contributed by atoms with Crippen molar-refractivity contribution >= 4 is 5.91 Å². The van der Waals surface area contributed by atoms with Crippen molar-refractivity contribution < 1.29 is 23.1 Å². The minimum absolute atomic E-state index is 0.0638. The average molecular weight is 277 g/mol. The van der Waals surface area contributed by atoms with Gasteiger partial charge >= 0.3 is 6.18 Å². The monoisotopic (exact) mass is 277 g/mol. The number of aliphatic hydroxyl groups excluding tert-OH is 1. The summed E-state index contributed by atoms with van der Waals surface area (Å²) >= 11 is 0. The summed E-state index contributed by atoms with van der Waals surface area (Å²) in [5.74, 6) is -0.803. The Labute approximate surface area is 107 Å². The number of hydrogen-bond acceptors (Lipinski definition) is 4. The van der Waals surface area contributed by atoms with Crippen LogP contribution in [-0.4, -0.2) is 39.3 Å². The highest BCUT2D eigenvalue weighted by Gasteiger charge is 2.43. The van der Waals surface area contributed by atoms with E-state index in [0.717, 1.165) is 6.20 Å². The van der Waals surface area contributed by atoms with Gasteiger partial charge in [0.15, 0.2) is 6.10 Å². The van der Waals surface area contributed by atoms with Crippen molar-refractivity contribution in [2.75, 3.05) is 0 Å². The summed E-state index contributed by atoms with van der Waals surface area (Å²) in [7, 11) is 0. The maximum Gasteiger partial charge on any atom is 0.416 e. The summed E-state index contributed by atoms with van der Waals surface area (Å²) in [6, 6.07) is -1.42. The van der Waals surface area contributed by atoms with E-state index in [1.165, 1.54) is 13.1 Å². The van der Waals surface area contributed by atoms with Crippen LogP contribution in [0.5, 0.6) is 0 Å². The van der Waals surface area contributed by atoms with Crippen LogP contribution in [0, 0.1) is 6.92 Å². The third-order valence-electron chi connectivity index (χ3n) is 2.49. The van der Waals surface area contributed by atoms with Crippen LogP contribution in [0.4, 0.5) is 13.2 Å². The maximum atomic E-state index is 12.4. The van der Waals surface area contributed by atoms with Crippen molar-refractivity contribution in [1.29, 1.82) is 0 Å². The Hall–Kier alpha value is -1.70. The van der Waals surface area contributed by atoms with Gasteiger partial charge in [0, 0.05) is 6.20 Å². The van der Waals surface area contributed by atoms with Crippen LogP contribution < -0.4 is 5.32 Å². The smallest absolute Gasteiger partial charge is 0.382 e. The average Bonchev–Trinajstić information content (AvgIpc) is 2.34. The second-order valence-electron chi connectivity index (χ2n) is 4.02. The number of carbonyl (C=O) groups is 1. The van der Waals surface area contributed by atoms with Gasteiger partial charge in [-0.05, 0) is 13.3 Å². The number of aromatic nitrogens is 2. The SMILES string of the molecule is CCC(NC(=O)c1cnc(C)cn1)C(O)C(F)(F)F. The van der Waals surface area contributed by atoms with Crippen LogP contribution in [0.2, 0.25) is 0 Å². The molecule has 0 fully saturated rings. The topological polar surface area (TPSA) is 75.1 Å². The highest BCUT2D eigenvalue weighted by atomic mass is 19.4. The number of aryl methyl sites for hydroxylation is 1. The molecule has 0 bridgehead atoms. The van der Waals surface area contributed by atoms with Crippen LogP contribution >= 0.6 is 0 Å². The van der Waals surface area contributed by atoms with Crippen molar-refractivity contribution in [1.82, 2.24) is 15.3 Å². The predicted molar refractivity (Wildman–Crippen MR) is 60.4 cm³/mol. The van der Waals surface area contributed by atoms with E-state index in [9.17, 15) is 18.0 Å². The minimum Gasteiger partial charge on any atom is -0.382 e. The Balaban J connectivity index is 2.76. The zero-order chi connectivity index (χ0) is 14.6. The molecule has 0 radical (unpaired) electrons. The van der Waals surface area contributed by atoms with E-state index in [1.807, 2.05) is 0 Å². The molecule has 0 aromatic carbocycles. The van der Waals surface area contributed by atoms with Gasteiger partial charge in [-0.25, -0.2) is 4.98 Å². The number of halogens is 3. The Kier molecular flexibility index (Phi) is 4.82. The zero-order valence-corrected chi connectivity index (χ0v) is 10.4. The van der Waals surface area contributed by atoms with E-state index >= 15 is 0 Å². The maximum absolute atomic E-state index is 12.4. The lowest BCUT2D eigenvalue weighted by Crippen LogP contribution is -2.49. The lowest BCUT2D eigenvalue weighted by molar-refractivity contribution is -0.211. The number of nitrogens with one attached hydrogen (secondary N) is 1. The largest absolute Gasteiger partial charge is 0.416 e. The molecule has 106 valence electrons. The Morgan fingerprint density at radius 3 is 2.47 bits per heavy atom. The minimum atomic E-state index is -4.78. The Morgan fingerprint density at radius 1 is 1.42 bits per heavy atom. The first-order valence-electron chi connectivity index (χ1n) is 5.60. The molecule has 8 heteroatoms. The first-order chi connectivity index (χ1) is 8.75. The van der Waals surface area contributed by atoms with E-state index < -0.39 is 24.2 Å². The van der Waals surface area contributed by atoms with Gasteiger partial charge in [0.1, 0.15) is 5.69 Å². The van der Waals surface area contributed by atoms with Crippen molar-refractivity contribution in [3.05, 3.63) is 23.8 Å². The number of carbonyl (C=O) groups excluding carboxylic acids is 1. The molecule has 1 amide bonds. The molecule has 5 nitrogen and oxygen atoms in total. The number of aliphatic hydroxyl groups is 1. The fourth-order valence-corrected chi connectivity index (χ4v) is 1.38. The van der Waals surface area contributed by atoms with Crippen molar-refractivity contribution in [2.24, 2.45) is 0 Å². The van der Waals surface area contributed by atoms with Gasteiger partial charge in [0.25, 0.3) is 5.91 Å². The van der Waals surface area contributed by atoms with Gasteiger partial charge in [0.05, 0.1) is 17.9 Å². The quantitative estimate of drug-likeness (QED) is 0.867. The fraction of sp³-hybridized carbons (Fsp3) is 0.545. The molecule has 1 aromatic rings. The van der Waals surface area contributed by atoms with Gasteiger partial charge in [0.2, 0.25) is 0 Å². The van der Waals surface area contributed by atoms with E-state index in [4.69, 9.17) is 5.11 Å². The molecule has 0 saturated heterocycles. The van der Waals surface area contributed by atoms with Crippen LogP contribution in [0.1, 0.15) is 29.5 Å². The summed E-state index contributed by atoms with van der Waals surface area (Å²) in [4.78, 5) is 19.2. The molecule has 0 saturated carbocycles. The third kappa shape index (κ3) is 4.16. The molecule has 19 heavy (non-hydrogen) atoms. The summed E-state index contributed by atoms with van der Waals surface area (Å²) in [6.07, 6.45) is -4.97. The van der Waals surface area contributed by atoms with Crippen LogP contribution in [0.3, 0.4) is 0 Å². The molecular weight excluding hydrogens is 263 g/mol. The van der Waals surface area contributed by atoms with E-state index in [2.05, 4.69) is 15.3 Å². The molecule has 2 atom stereocenters. The van der Waals surface area contributed by atoms with Crippen LogP contribution in [0.25, 0.3) is 0 Å². The van der Waals surface area contributed by atoms with Crippen molar-refractivity contribution in [2.45, 2.75) is 38.6 Å². The van der Waals surface area contributed by atoms with Gasteiger partial charge in [-0.15, -0.1) is 0 Å². The first kappa shape index (κ1) is 15.4. The molecular formula is C11H14F3N3O2. The van der Waals surface area contributed by atoms with E-state index in [1.54, 1.807) is 6.92 Å². The molecule has 1 rings (SSSR count). The molecule has 0 aliphatic carbocycles. The highest BCUT2D eigenvalue weighted by Crippen LogP contribution is 2.23. The zero-order valence-electron chi connectivity index (χ0n) is 10.4. The number of nitrogens with zero attached hydrogens (tertiary/aromatic N) is 2. The lowest BCUT2D eigenvalue weighted by atomic mass is 10.1. The molecule has 2 N–H and O–H groups in total. The number of alkyl halides is 3. The normalized spacial score (nSPS) is 14.8. The van der Waals surface area contributed by atoms with E-state index in [0.29, 0.717) is 5.69 Å². The van der Waals surface area contributed by atoms with Crippen molar-refractivity contribution in [3.63, 3.8) is 0 Å². The summed E-state index contributed by atoms with van der Waals surface area (Å²) < 4.78 is 37.1. The van der Waals surface area contributed by atoms with Crippen LogP contribution in [0.15, 0.2) is 12.4 Å². The summed E-state index contributed by atoms with van der Waals surface area (Å²) in [6.45, 7) is 3.09. The first-order valence-corrected chi connectivity index (χ1v) is 5.60. The van der Waals surface area contributed by atoms with Gasteiger partial charge in [-0.2, -0.15) is 13.2 Å². The second kappa shape index (κ2) is 5.96. The predicted octanol–water partition coefficient (Wildman–Crippen LogP) is 1.22. The lowest BCUT2D eigenvalue weighted by Gasteiger charge is -2.24. The van der Waals surface area contributed by atoms with Crippen LogP contribution in [-0.2, 0) is 0 Å². The second-order valence-corrected chi connectivity index (χ2v) is 4.02. The molecule has 1 heterocycles. The molecule has 0 aliphatic heterocycles. The number of rotatable bonds is 4. The van der Waals surface area contributed by atoms with Crippen molar-refractivity contribution in [3.8, 4) is 0 Å². The highest BCUT2D eigenvalue weighted by molar-refractivity contribution is 5.92. The number of hydrogen-bond donors (Lipinski definition) is 2. The molecule has 2 unspecified atom stereocenters. The van der Waals surface area contributed by atoms with Gasteiger partial charge < -0.3 is 10.4 Å². The standard InChI is InChI=1S/C11H14F3N3O2/c1-3-7(9(18)11(12,13)14)17-10(19)8-5-15-6(2)4-16-8/h4-5,7,9,18H,3H2,1-2H3,(H,17,19). The summed E-state index contributed by atoms with van der Waals surface area (Å²) in [5, 5.41) is 11.2. The molecule has 0 aliphatic rings. The summed E-state index contributed by atoms with van der Waals surface area (Å²) in [5.41, 5.74) is 0.484. The fourth-order valence-electron chi connectivity index (χ4n) is 1.38.